The lowest BCUT2D eigenvalue weighted by atomic mass is 9.86. The molecule has 0 fully saturated rings. The molecule has 2 aliphatic rings. The van der Waals surface area contributed by atoms with Crippen molar-refractivity contribution in [1.29, 1.82) is 0 Å². The highest BCUT2D eigenvalue weighted by molar-refractivity contribution is 5.99. The van der Waals surface area contributed by atoms with Crippen molar-refractivity contribution in [2.24, 2.45) is 11.7 Å². The summed E-state index contributed by atoms with van der Waals surface area (Å²) in [6, 6.07) is 14.6. The summed E-state index contributed by atoms with van der Waals surface area (Å²) < 4.78 is 0. The van der Waals surface area contributed by atoms with E-state index in [1.54, 1.807) is 0 Å². The molecule has 0 saturated heterocycles. The second kappa shape index (κ2) is 3.58. The maximum absolute atomic E-state index is 11.7. The molecule has 2 nitrogen and oxygen atoms in total. The van der Waals surface area contributed by atoms with E-state index < -0.39 is 0 Å². The largest absolute Gasteiger partial charge is 0.369 e. The Morgan fingerprint density at radius 2 is 1.74 bits per heavy atom. The Hall–Kier alpha value is -2.35. The number of hydrogen-bond donors (Lipinski definition) is 1. The Kier molecular flexibility index (Phi) is 1.99. The molecule has 0 spiro atoms. The summed E-state index contributed by atoms with van der Waals surface area (Å²) in [6.07, 6.45) is 2.83. The second-order valence-electron chi connectivity index (χ2n) is 5.12. The number of rotatable bonds is 1. The van der Waals surface area contributed by atoms with Crippen LogP contribution in [0.1, 0.15) is 12.0 Å². The van der Waals surface area contributed by atoms with Crippen molar-refractivity contribution in [3.05, 3.63) is 58.5 Å². The number of amides is 1. The van der Waals surface area contributed by atoms with E-state index in [9.17, 15) is 4.79 Å². The van der Waals surface area contributed by atoms with E-state index >= 15 is 0 Å². The molecule has 0 aromatic heterocycles. The molecule has 92 valence electrons. The summed E-state index contributed by atoms with van der Waals surface area (Å²) in [7, 11) is 0. The zero-order valence-electron chi connectivity index (χ0n) is 10.4. The van der Waals surface area contributed by atoms with Crippen molar-refractivity contribution in [3.8, 4) is 11.1 Å². The van der Waals surface area contributed by atoms with E-state index in [4.69, 9.17) is 5.73 Å². The van der Waals surface area contributed by atoms with Gasteiger partial charge in [-0.15, -0.1) is 0 Å². The van der Waals surface area contributed by atoms with Gasteiger partial charge in [0.1, 0.15) is 0 Å². The van der Waals surface area contributed by atoms with Crippen LogP contribution < -0.4 is 16.2 Å². The number of benzene rings is 2. The van der Waals surface area contributed by atoms with Crippen LogP contribution in [0.15, 0.2) is 42.5 Å². The molecule has 2 aromatic rings. The fraction of sp³-hybridized carbons (Fsp3) is 0.118. The van der Waals surface area contributed by atoms with E-state index in [2.05, 4.69) is 36.4 Å². The average molecular weight is 247 g/mol. The second-order valence-corrected chi connectivity index (χ2v) is 5.12. The zero-order valence-corrected chi connectivity index (χ0v) is 10.4. The first-order chi connectivity index (χ1) is 9.27. The van der Waals surface area contributed by atoms with Crippen molar-refractivity contribution < 1.29 is 4.79 Å². The maximum atomic E-state index is 11.7. The molecule has 0 saturated carbocycles. The smallest absolute Gasteiger partial charge is 0.225 e. The topological polar surface area (TPSA) is 43.1 Å². The third-order valence-electron chi connectivity index (χ3n) is 4.14. The Morgan fingerprint density at radius 1 is 1.00 bits per heavy atom. The van der Waals surface area contributed by atoms with Crippen molar-refractivity contribution in [3.63, 3.8) is 0 Å². The van der Waals surface area contributed by atoms with Gasteiger partial charge in [0.05, 0.1) is 5.92 Å². The predicted molar refractivity (Wildman–Crippen MR) is 75.4 cm³/mol. The van der Waals surface area contributed by atoms with Crippen LogP contribution in [-0.2, 0) is 4.79 Å². The minimum atomic E-state index is -0.233. The standard InChI is InChI=1S/C17H13NO/c18-17(19)14-9-8-10-4-3-7-12-11-5-1-2-6-13(11)16(14)15(10)12/h1-8,14H,9H2,(H2,18,19). The van der Waals surface area contributed by atoms with Crippen molar-refractivity contribution in [2.45, 2.75) is 6.42 Å². The van der Waals surface area contributed by atoms with Crippen molar-refractivity contribution in [2.75, 3.05) is 0 Å². The molecule has 1 amide bonds. The third-order valence-corrected chi connectivity index (χ3v) is 4.14. The third kappa shape index (κ3) is 1.28. The van der Waals surface area contributed by atoms with Crippen LogP contribution in [0, 0.1) is 5.92 Å². The normalized spacial score (nSPS) is 18.5. The van der Waals surface area contributed by atoms with Gasteiger partial charge in [-0.2, -0.15) is 0 Å². The minimum Gasteiger partial charge on any atom is -0.369 e. The van der Waals surface area contributed by atoms with Crippen molar-refractivity contribution >= 4 is 17.6 Å². The Bertz CT molecular complexity index is 833. The number of carbonyl (C=O) groups is 1. The van der Waals surface area contributed by atoms with Gasteiger partial charge in [0, 0.05) is 0 Å². The number of primary amides is 1. The van der Waals surface area contributed by atoms with Gasteiger partial charge < -0.3 is 5.73 Å². The first kappa shape index (κ1) is 10.6. The molecule has 1 atom stereocenters. The minimum absolute atomic E-state index is 0.197. The molecule has 19 heavy (non-hydrogen) atoms. The van der Waals surface area contributed by atoms with Gasteiger partial charge in [-0.1, -0.05) is 48.5 Å². The van der Waals surface area contributed by atoms with Crippen LogP contribution >= 0.6 is 0 Å². The quantitative estimate of drug-likeness (QED) is 0.807. The SMILES string of the molecule is NC(=O)C1CC=c2cccc3c2=C1c1ccccc1-3. The van der Waals surface area contributed by atoms with E-state index in [1.165, 1.54) is 27.1 Å². The summed E-state index contributed by atoms with van der Waals surface area (Å²) in [5.74, 6) is -0.430. The van der Waals surface area contributed by atoms with Crippen LogP contribution in [0.3, 0.4) is 0 Å². The van der Waals surface area contributed by atoms with Gasteiger partial charge in [0.25, 0.3) is 0 Å². The average Bonchev–Trinajstić information content (AvgIpc) is 2.77. The predicted octanol–water partition coefficient (Wildman–Crippen LogP) is 1.15. The first-order valence-electron chi connectivity index (χ1n) is 6.50. The van der Waals surface area contributed by atoms with Gasteiger partial charge in [0.15, 0.2) is 0 Å². The Labute approximate surface area is 110 Å². The lowest BCUT2D eigenvalue weighted by molar-refractivity contribution is -0.120. The maximum Gasteiger partial charge on any atom is 0.225 e. The summed E-state index contributed by atoms with van der Waals surface area (Å²) in [5.41, 5.74) is 10.3. The molecule has 2 heteroatoms. The molecule has 0 radical (unpaired) electrons. The van der Waals surface area contributed by atoms with E-state index in [0.29, 0.717) is 6.42 Å². The Balaban J connectivity index is 2.20. The summed E-state index contributed by atoms with van der Waals surface area (Å²) >= 11 is 0. The lowest BCUT2D eigenvalue weighted by Crippen LogP contribution is -2.36. The fourth-order valence-electron chi connectivity index (χ4n) is 3.34. The number of nitrogens with two attached hydrogens (primary N) is 1. The molecule has 4 rings (SSSR count). The molecule has 2 aromatic carbocycles. The van der Waals surface area contributed by atoms with Crippen molar-refractivity contribution in [1.82, 2.24) is 0 Å². The molecule has 0 bridgehead atoms. The highest BCUT2D eigenvalue weighted by Crippen LogP contribution is 2.37. The van der Waals surface area contributed by atoms with E-state index in [1.807, 2.05) is 12.1 Å². The van der Waals surface area contributed by atoms with E-state index in [0.717, 1.165) is 5.57 Å². The molecule has 2 aliphatic carbocycles. The van der Waals surface area contributed by atoms with Crippen LogP contribution in [-0.4, -0.2) is 5.91 Å². The molecule has 2 N–H and O–H groups in total. The number of fused-ring (bicyclic) bond motifs is 3. The van der Waals surface area contributed by atoms with Gasteiger partial charge in [-0.3, -0.25) is 4.79 Å². The van der Waals surface area contributed by atoms with Gasteiger partial charge in [-0.05, 0) is 39.1 Å². The van der Waals surface area contributed by atoms with Crippen LogP contribution in [0.25, 0.3) is 22.8 Å². The molecular formula is C17H13NO. The first-order valence-corrected chi connectivity index (χ1v) is 6.50. The highest BCUT2D eigenvalue weighted by Gasteiger charge is 2.30. The fourth-order valence-corrected chi connectivity index (χ4v) is 3.34. The molecule has 1 unspecified atom stereocenters. The summed E-state index contributed by atoms with van der Waals surface area (Å²) in [4.78, 5) is 11.7. The van der Waals surface area contributed by atoms with Gasteiger partial charge in [0.2, 0.25) is 5.91 Å². The number of carbonyl (C=O) groups excluding carboxylic acids is 1. The zero-order chi connectivity index (χ0) is 13.0. The lowest BCUT2D eigenvalue weighted by Gasteiger charge is -2.17. The summed E-state index contributed by atoms with van der Waals surface area (Å²) in [6.45, 7) is 0. The van der Waals surface area contributed by atoms with Crippen LogP contribution in [0.4, 0.5) is 0 Å². The van der Waals surface area contributed by atoms with Crippen LogP contribution in [0.2, 0.25) is 0 Å². The van der Waals surface area contributed by atoms with Crippen LogP contribution in [0.5, 0.6) is 0 Å². The monoisotopic (exact) mass is 247 g/mol. The number of hydrogen-bond acceptors (Lipinski definition) is 1. The van der Waals surface area contributed by atoms with Gasteiger partial charge >= 0.3 is 0 Å². The summed E-state index contributed by atoms with van der Waals surface area (Å²) in [5, 5.41) is 2.43. The molecule has 0 aliphatic heterocycles. The van der Waals surface area contributed by atoms with Gasteiger partial charge in [-0.25, -0.2) is 0 Å². The molecule has 0 heterocycles. The Morgan fingerprint density at radius 3 is 2.53 bits per heavy atom. The van der Waals surface area contributed by atoms with E-state index in [-0.39, 0.29) is 11.8 Å². The highest BCUT2D eigenvalue weighted by atomic mass is 16.1. The molecular weight excluding hydrogens is 234 g/mol.